The van der Waals surface area contributed by atoms with Crippen LogP contribution in [0.15, 0.2) is 24.3 Å². The first kappa shape index (κ1) is 11.0. The highest BCUT2D eigenvalue weighted by Crippen LogP contribution is 2.27. The number of aryl methyl sites for hydroxylation is 1. The molecule has 0 saturated heterocycles. The summed E-state index contributed by atoms with van der Waals surface area (Å²) in [5, 5.41) is 13.6. The standard InChI is InChI=1S/C14H14N4/c1-10-4-3-5-11(6-10)18-14-9-17(2)8-12(14)13(7-15)16-18/h3-6H,8-9H2,1-2H3. The van der Waals surface area contributed by atoms with Crippen LogP contribution in [0.3, 0.4) is 0 Å². The molecule has 2 aromatic rings. The molecule has 0 bridgehead atoms. The Kier molecular flexibility index (Phi) is 2.42. The number of hydrogen-bond donors (Lipinski definition) is 0. The Morgan fingerprint density at radius 2 is 2.17 bits per heavy atom. The summed E-state index contributed by atoms with van der Waals surface area (Å²) in [5.74, 6) is 0. The van der Waals surface area contributed by atoms with Gasteiger partial charge in [-0.1, -0.05) is 12.1 Å². The Hall–Kier alpha value is -2.12. The van der Waals surface area contributed by atoms with Gasteiger partial charge in [-0.05, 0) is 31.7 Å². The molecule has 0 fully saturated rings. The van der Waals surface area contributed by atoms with Gasteiger partial charge >= 0.3 is 0 Å². The van der Waals surface area contributed by atoms with Gasteiger partial charge in [-0.2, -0.15) is 10.4 Å². The summed E-state index contributed by atoms with van der Waals surface area (Å²) in [7, 11) is 2.06. The Balaban J connectivity index is 2.17. The van der Waals surface area contributed by atoms with Gasteiger partial charge in [0.1, 0.15) is 6.07 Å². The van der Waals surface area contributed by atoms with Crippen molar-refractivity contribution in [3.63, 3.8) is 0 Å². The number of nitriles is 1. The average molecular weight is 238 g/mol. The zero-order chi connectivity index (χ0) is 12.7. The second-order valence-corrected chi connectivity index (χ2v) is 4.81. The van der Waals surface area contributed by atoms with Crippen LogP contribution in [-0.2, 0) is 13.1 Å². The minimum atomic E-state index is 0.552. The predicted molar refractivity (Wildman–Crippen MR) is 68.2 cm³/mol. The van der Waals surface area contributed by atoms with Crippen LogP contribution in [0, 0.1) is 18.3 Å². The molecule has 0 spiro atoms. The van der Waals surface area contributed by atoms with Crippen LogP contribution in [0.4, 0.5) is 0 Å². The largest absolute Gasteiger partial charge is 0.296 e. The molecule has 18 heavy (non-hydrogen) atoms. The van der Waals surface area contributed by atoms with Crippen LogP contribution in [-0.4, -0.2) is 21.7 Å². The molecule has 4 nitrogen and oxygen atoms in total. The van der Waals surface area contributed by atoms with E-state index in [1.807, 2.05) is 16.8 Å². The van der Waals surface area contributed by atoms with Crippen molar-refractivity contribution < 1.29 is 0 Å². The lowest BCUT2D eigenvalue weighted by atomic mass is 10.2. The lowest BCUT2D eigenvalue weighted by Gasteiger charge is -2.09. The first-order valence-corrected chi connectivity index (χ1v) is 5.95. The third-order valence-electron chi connectivity index (χ3n) is 3.29. The highest BCUT2D eigenvalue weighted by molar-refractivity contribution is 5.44. The summed E-state index contributed by atoms with van der Waals surface area (Å²) < 4.78 is 1.91. The number of aromatic nitrogens is 2. The monoisotopic (exact) mass is 238 g/mol. The summed E-state index contributed by atoms with van der Waals surface area (Å²) >= 11 is 0. The molecule has 1 aromatic carbocycles. The third kappa shape index (κ3) is 1.60. The fourth-order valence-corrected chi connectivity index (χ4v) is 2.46. The van der Waals surface area contributed by atoms with E-state index in [0.717, 1.165) is 30.0 Å². The summed E-state index contributed by atoms with van der Waals surface area (Å²) in [6.07, 6.45) is 0. The Morgan fingerprint density at radius 1 is 1.33 bits per heavy atom. The summed E-state index contributed by atoms with van der Waals surface area (Å²) in [5.41, 5.74) is 4.99. The summed E-state index contributed by atoms with van der Waals surface area (Å²) in [4.78, 5) is 2.19. The smallest absolute Gasteiger partial charge is 0.167 e. The molecule has 4 heteroatoms. The topological polar surface area (TPSA) is 44.9 Å². The van der Waals surface area contributed by atoms with Gasteiger partial charge in [-0.25, -0.2) is 4.68 Å². The maximum atomic E-state index is 9.16. The number of rotatable bonds is 1. The van der Waals surface area contributed by atoms with Crippen molar-refractivity contribution in [3.8, 4) is 11.8 Å². The SMILES string of the molecule is Cc1cccc(-n2nc(C#N)c3c2CN(C)C3)c1. The Morgan fingerprint density at radius 3 is 2.89 bits per heavy atom. The van der Waals surface area contributed by atoms with E-state index in [1.165, 1.54) is 5.56 Å². The molecule has 0 atom stereocenters. The summed E-state index contributed by atoms with van der Waals surface area (Å²) in [6, 6.07) is 10.4. The Bertz CT molecular complexity index is 648. The minimum absolute atomic E-state index is 0.552. The maximum Gasteiger partial charge on any atom is 0.167 e. The van der Waals surface area contributed by atoms with E-state index < -0.39 is 0 Å². The molecule has 0 N–H and O–H groups in total. The zero-order valence-electron chi connectivity index (χ0n) is 10.5. The number of nitrogens with zero attached hydrogens (tertiary/aromatic N) is 4. The highest BCUT2D eigenvalue weighted by atomic mass is 15.3. The van der Waals surface area contributed by atoms with Crippen molar-refractivity contribution in [3.05, 3.63) is 46.8 Å². The van der Waals surface area contributed by atoms with Crippen molar-refractivity contribution in [2.45, 2.75) is 20.0 Å². The molecule has 0 saturated carbocycles. The first-order valence-electron chi connectivity index (χ1n) is 5.95. The lowest BCUT2D eigenvalue weighted by molar-refractivity contribution is 0.345. The fourth-order valence-electron chi connectivity index (χ4n) is 2.46. The molecule has 0 unspecified atom stereocenters. The van der Waals surface area contributed by atoms with E-state index in [-0.39, 0.29) is 0 Å². The van der Waals surface area contributed by atoms with Crippen LogP contribution in [0.25, 0.3) is 5.69 Å². The average Bonchev–Trinajstić information content (AvgIpc) is 2.86. The van der Waals surface area contributed by atoms with Crippen LogP contribution in [0.5, 0.6) is 0 Å². The van der Waals surface area contributed by atoms with E-state index >= 15 is 0 Å². The van der Waals surface area contributed by atoms with E-state index in [9.17, 15) is 0 Å². The molecular formula is C14H14N4. The van der Waals surface area contributed by atoms with Gasteiger partial charge < -0.3 is 0 Å². The molecule has 0 radical (unpaired) electrons. The van der Waals surface area contributed by atoms with Crippen LogP contribution in [0.2, 0.25) is 0 Å². The normalized spacial score (nSPS) is 14.5. The number of hydrogen-bond acceptors (Lipinski definition) is 3. The third-order valence-corrected chi connectivity index (χ3v) is 3.29. The lowest BCUT2D eigenvalue weighted by Crippen LogP contribution is -2.12. The molecule has 1 aromatic heterocycles. The van der Waals surface area contributed by atoms with Gasteiger partial charge in [-0.15, -0.1) is 0 Å². The molecule has 3 rings (SSSR count). The first-order chi connectivity index (χ1) is 8.69. The quantitative estimate of drug-likeness (QED) is 0.763. The van der Waals surface area contributed by atoms with E-state index in [1.54, 1.807) is 0 Å². The van der Waals surface area contributed by atoms with Gasteiger partial charge in [-0.3, -0.25) is 4.90 Å². The number of fused-ring (bicyclic) bond motifs is 1. The fraction of sp³-hybridized carbons (Fsp3) is 0.286. The van der Waals surface area contributed by atoms with Crippen LogP contribution < -0.4 is 0 Å². The van der Waals surface area contributed by atoms with Gasteiger partial charge in [0.2, 0.25) is 0 Å². The Labute approximate surface area is 106 Å². The van der Waals surface area contributed by atoms with Crippen LogP contribution >= 0.6 is 0 Å². The highest BCUT2D eigenvalue weighted by Gasteiger charge is 2.26. The van der Waals surface area contributed by atoms with Gasteiger partial charge in [0, 0.05) is 18.7 Å². The van der Waals surface area contributed by atoms with E-state index in [0.29, 0.717) is 5.69 Å². The molecule has 90 valence electrons. The molecule has 0 aliphatic carbocycles. The maximum absolute atomic E-state index is 9.16. The van der Waals surface area contributed by atoms with Crippen molar-refractivity contribution in [2.75, 3.05) is 7.05 Å². The van der Waals surface area contributed by atoms with Crippen molar-refractivity contribution in [2.24, 2.45) is 0 Å². The second kappa shape index (κ2) is 3.97. The van der Waals surface area contributed by atoms with Gasteiger partial charge in [0.25, 0.3) is 0 Å². The summed E-state index contributed by atoms with van der Waals surface area (Å²) in [6.45, 7) is 3.71. The molecule has 1 aliphatic heterocycles. The molecule has 1 aliphatic rings. The predicted octanol–water partition coefficient (Wildman–Crippen LogP) is 2.00. The van der Waals surface area contributed by atoms with Crippen molar-refractivity contribution in [1.29, 1.82) is 5.26 Å². The van der Waals surface area contributed by atoms with E-state index in [2.05, 4.69) is 42.2 Å². The second-order valence-electron chi connectivity index (χ2n) is 4.81. The molecule has 0 amide bonds. The molecule has 2 heterocycles. The van der Waals surface area contributed by atoms with E-state index in [4.69, 9.17) is 5.26 Å². The molecular weight excluding hydrogens is 224 g/mol. The minimum Gasteiger partial charge on any atom is -0.296 e. The number of benzene rings is 1. The van der Waals surface area contributed by atoms with Crippen molar-refractivity contribution in [1.82, 2.24) is 14.7 Å². The van der Waals surface area contributed by atoms with Crippen LogP contribution in [0.1, 0.15) is 22.5 Å². The zero-order valence-corrected chi connectivity index (χ0v) is 10.5. The van der Waals surface area contributed by atoms with Crippen molar-refractivity contribution >= 4 is 0 Å². The van der Waals surface area contributed by atoms with Gasteiger partial charge in [0.05, 0.1) is 11.4 Å². The van der Waals surface area contributed by atoms with Gasteiger partial charge in [0.15, 0.2) is 5.69 Å².